The number of cyclic esters (lactones) is 1. The smallest absolute Gasteiger partial charge is 0.312 e. The zero-order valence-corrected chi connectivity index (χ0v) is 4.47. The van der Waals surface area contributed by atoms with Gasteiger partial charge in [-0.1, -0.05) is 0 Å². The number of carbonyl (C=O) groups is 1. The molecule has 2 nitrogen and oxygen atoms in total. The average molecular weight is 100 g/mol. The fraction of sp³-hybridized carbons (Fsp3) is 0.800. The van der Waals surface area contributed by atoms with Gasteiger partial charge in [0.15, 0.2) is 0 Å². The van der Waals surface area contributed by atoms with Crippen molar-refractivity contribution in [1.82, 2.24) is 0 Å². The van der Waals surface area contributed by atoms with Gasteiger partial charge in [-0.2, -0.15) is 0 Å². The molecule has 0 unspecified atom stereocenters. The predicted molar refractivity (Wildman–Crippen MR) is 24.7 cm³/mol. The fourth-order valence-corrected chi connectivity index (χ4v) is 0.512. The molecule has 0 amide bonds. The molecule has 1 aliphatic heterocycles. The molecule has 0 aromatic rings. The second-order valence-electron chi connectivity index (χ2n) is 1.93. The van der Waals surface area contributed by atoms with E-state index >= 15 is 0 Å². The molecule has 0 N–H and O–H groups in total. The van der Waals surface area contributed by atoms with E-state index in [0.717, 1.165) is 0 Å². The number of ether oxygens (including phenoxy) is 1. The Morgan fingerprint density at radius 1 is 1.57 bits per heavy atom. The van der Waals surface area contributed by atoms with E-state index in [0.29, 0.717) is 0 Å². The van der Waals surface area contributed by atoms with Crippen molar-refractivity contribution in [2.45, 2.75) is 20.0 Å². The van der Waals surface area contributed by atoms with Crippen molar-refractivity contribution in [2.24, 2.45) is 5.92 Å². The zero-order valence-electron chi connectivity index (χ0n) is 4.47. The van der Waals surface area contributed by atoms with E-state index in [1.807, 2.05) is 13.8 Å². The van der Waals surface area contributed by atoms with Crippen molar-refractivity contribution in [3.63, 3.8) is 0 Å². The monoisotopic (exact) mass is 100 g/mol. The third kappa shape index (κ3) is 0.501. The number of esters is 1. The highest BCUT2D eigenvalue weighted by Gasteiger charge is 2.34. The molecule has 0 saturated carbocycles. The van der Waals surface area contributed by atoms with E-state index in [1.165, 1.54) is 0 Å². The van der Waals surface area contributed by atoms with E-state index in [1.54, 1.807) is 0 Å². The molecule has 1 fully saturated rings. The number of carbonyl (C=O) groups excluding carboxylic acids is 1. The van der Waals surface area contributed by atoms with Crippen LogP contribution in [0.15, 0.2) is 0 Å². The summed E-state index contributed by atoms with van der Waals surface area (Å²) in [6.45, 7) is 3.77. The summed E-state index contributed by atoms with van der Waals surface area (Å²) in [6.07, 6.45) is 0.160. The van der Waals surface area contributed by atoms with Gasteiger partial charge in [-0.05, 0) is 13.8 Å². The first-order valence-corrected chi connectivity index (χ1v) is 2.42. The largest absolute Gasteiger partial charge is 0.461 e. The molecule has 0 bridgehead atoms. The third-order valence-corrected chi connectivity index (χ3v) is 1.38. The molecule has 0 aliphatic carbocycles. The predicted octanol–water partition coefficient (Wildman–Crippen LogP) is 0.568. The lowest BCUT2D eigenvalue weighted by Gasteiger charge is -2.28. The standard InChI is InChI=1S/C5H8O2/c1-3-4(2)7-5(3)6/h3-4H,1-2H3/t3-,4+/m0/s1. The van der Waals surface area contributed by atoms with Crippen molar-refractivity contribution < 1.29 is 9.53 Å². The molecule has 0 radical (unpaired) electrons. The van der Waals surface area contributed by atoms with Gasteiger partial charge in [0, 0.05) is 0 Å². The third-order valence-electron chi connectivity index (χ3n) is 1.38. The summed E-state index contributed by atoms with van der Waals surface area (Å²) in [6, 6.07) is 0. The molecule has 2 heteroatoms. The number of hydrogen-bond acceptors (Lipinski definition) is 2. The Kier molecular flexibility index (Phi) is 0.805. The maximum absolute atomic E-state index is 10.2. The van der Waals surface area contributed by atoms with Gasteiger partial charge in [0.1, 0.15) is 6.10 Å². The maximum Gasteiger partial charge on any atom is 0.312 e. The Morgan fingerprint density at radius 2 is 2.14 bits per heavy atom. The highest BCUT2D eigenvalue weighted by atomic mass is 16.6. The quantitative estimate of drug-likeness (QED) is 0.416. The Balaban J connectivity index is 2.43. The molecule has 1 rings (SSSR count). The Bertz CT molecular complexity index is 98.3. The van der Waals surface area contributed by atoms with Gasteiger partial charge in [-0.3, -0.25) is 4.79 Å². The molecule has 1 heterocycles. The van der Waals surface area contributed by atoms with Crippen LogP contribution in [-0.2, 0) is 9.53 Å². The van der Waals surface area contributed by atoms with Crippen LogP contribution in [0.3, 0.4) is 0 Å². The van der Waals surface area contributed by atoms with Crippen LogP contribution in [0.4, 0.5) is 0 Å². The van der Waals surface area contributed by atoms with Crippen LogP contribution in [0, 0.1) is 5.92 Å². The molecule has 7 heavy (non-hydrogen) atoms. The number of hydrogen-bond donors (Lipinski definition) is 0. The van der Waals surface area contributed by atoms with Gasteiger partial charge in [0.25, 0.3) is 0 Å². The van der Waals surface area contributed by atoms with Crippen molar-refractivity contribution in [2.75, 3.05) is 0 Å². The van der Waals surface area contributed by atoms with Gasteiger partial charge in [-0.15, -0.1) is 0 Å². The van der Waals surface area contributed by atoms with Gasteiger partial charge in [0.2, 0.25) is 0 Å². The second-order valence-corrected chi connectivity index (χ2v) is 1.93. The molecule has 0 aromatic heterocycles. The van der Waals surface area contributed by atoms with Gasteiger partial charge in [-0.25, -0.2) is 0 Å². The summed E-state index contributed by atoms with van der Waals surface area (Å²) in [5.41, 5.74) is 0. The van der Waals surface area contributed by atoms with E-state index in [-0.39, 0.29) is 18.0 Å². The lowest BCUT2D eigenvalue weighted by Crippen LogP contribution is -2.40. The van der Waals surface area contributed by atoms with Crippen LogP contribution < -0.4 is 0 Å². The van der Waals surface area contributed by atoms with E-state index in [4.69, 9.17) is 0 Å². The minimum Gasteiger partial charge on any atom is -0.461 e. The van der Waals surface area contributed by atoms with Crippen molar-refractivity contribution in [1.29, 1.82) is 0 Å². The molecule has 2 atom stereocenters. The van der Waals surface area contributed by atoms with Crippen LogP contribution in [0.2, 0.25) is 0 Å². The zero-order chi connectivity index (χ0) is 5.44. The Hall–Kier alpha value is -0.530. The summed E-state index contributed by atoms with van der Waals surface area (Å²) in [4.78, 5) is 10.2. The molecule has 0 aromatic carbocycles. The minimum atomic E-state index is -0.0625. The topological polar surface area (TPSA) is 26.3 Å². The van der Waals surface area contributed by atoms with Gasteiger partial charge in [0.05, 0.1) is 5.92 Å². The van der Waals surface area contributed by atoms with Crippen molar-refractivity contribution >= 4 is 5.97 Å². The maximum atomic E-state index is 10.2. The summed E-state index contributed by atoms with van der Waals surface area (Å²) < 4.78 is 4.61. The molecular formula is C5H8O2. The van der Waals surface area contributed by atoms with Crippen molar-refractivity contribution in [3.05, 3.63) is 0 Å². The molecule has 1 saturated heterocycles. The van der Waals surface area contributed by atoms with Crippen LogP contribution in [0.5, 0.6) is 0 Å². The van der Waals surface area contributed by atoms with Crippen LogP contribution in [-0.4, -0.2) is 12.1 Å². The average Bonchev–Trinajstić information content (AvgIpc) is 1.68. The normalized spacial score (nSPS) is 39.4. The summed E-state index contributed by atoms with van der Waals surface area (Å²) in [7, 11) is 0. The van der Waals surface area contributed by atoms with Crippen molar-refractivity contribution in [3.8, 4) is 0 Å². The highest BCUT2D eigenvalue weighted by molar-refractivity contribution is 5.77. The molecule has 0 spiro atoms. The van der Waals surface area contributed by atoms with Crippen LogP contribution in [0.1, 0.15) is 13.8 Å². The van der Waals surface area contributed by atoms with Gasteiger partial charge < -0.3 is 4.74 Å². The van der Waals surface area contributed by atoms with E-state index in [2.05, 4.69) is 4.74 Å². The van der Waals surface area contributed by atoms with Crippen LogP contribution in [0.25, 0.3) is 0 Å². The lowest BCUT2D eigenvalue weighted by molar-refractivity contribution is -0.179. The minimum absolute atomic E-state index is 0.0625. The summed E-state index contributed by atoms with van der Waals surface area (Å²) in [5, 5.41) is 0. The Labute approximate surface area is 42.5 Å². The first kappa shape index (κ1) is 4.62. The van der Waals surface area contributed by atoms with Crippen LogP contribution >= 0.6 is 0 Å². The summed E-state index contributed by atoms with van der Waals surface area (Å²) in [5.74, 6) is 0.0764. The van der Waals surface area contributed by atoms with E-state index in [9.17, 15) is 4.79 Å². The highest BCUT2D eigenvalue weighted by Crippen LogP contribution is 2.19. The van der Waals surface area contributed by atoms with Gasteiger partial charge >= 0.3 is 5.97 Å². The number of rotatable bonds is 0. The SMILES string of the molecule is C[C@@H]1C(=O)O[C@@H]1C. The first-order valence-electron chi connectivity index (χ1n) is 2.42. The first-order chi connectivity index (χ1) is 3.22. The molecule has 1 aliphatic rings. The molecule has 40 valence electrons. The lowest BCUT2D eigenvalue weighted by atomic mass is 10.0. The second kappa shape index (κ2) is 1.22. The summed E-state index contributed by atoms with van der Waals surface area (Å²) >= 11 is 0. The fourth-order valence-electron chi connectivity index (χ4n) is 0.512. The Morgan fingerprint density at radius 3 is 2.14 bits per heavy atom. The molecular weight excluding hydrogens is 92.1 g/mol. The van der Waals surface area contributed by atoms with E-state index < -0.39 is 0 Å².